The van der Waals surface area contributed by atoms with Crippen molar-refractivity contribution in [1.29, 1.82) is 0 Å². The molecule has 1 unspecified atom stereocenters. The smallest absolute Gasteiger partial charge is 0.254 e. The first-order chi connectivity index (χ1) is 13.5. The summed E-state index contributed by atoms with van der Waals surface area (Å²) in [5.74, 6) is 2.52. The molecule has 2 amide bonds. The Bertz CT molecular complexity index is 793. The van der Waals surface area contributed by atoms with Crippen LogP contribution in [0, 0.1) is 12.3 Å². The first kappa shape index (κ1) is 20.0. The third kappa shape index (κ3) is 5.40. The summed E-state index contributed by atoms with van der Waals surface area (Å²) in [5.41, 5.74) is 1.08. The highest BCUT2D eigenvalue weighted by Gasteiger charge is 2.39. The fourth-order valence-electron chi connectivity index (χ4n) is 3.27. The van der Waals surface area contributed by atoms with E-state index in [-0.39, 0.29) is 17.9 Å². The summed E-state index contributed by atoms with van der Waals surface area (Å²) in [5, 5.41) is 11.0. The molecule has 1 atom stereocenters. The maximum Gasteiger partial charge on any atom is 0.254 e. The number of amides is 2. The second kappa shape index (κ2) is 8.98. The summed E-state index contributed by atoms with van der Waals surface area (Å²) < 4.78 is 5.49. The Morgan fingerprint density at radius 3 is 2.93 bits per heavy atom. The molecule has 2 aliphatic rings. The molecular formula is C21H26N4O3. The van der Waals surface area contributed by atoms with E-state index in [0.29, 0.717) is 57.5 Å². The van der Waals surface area contributed by atoms with Gasteiger partial charge in [0, 0.05) is 50.9 Å². The van der Waals surface area contributed by atoms with Crippen molar-refractivity contribution in [2.24, 2.45) is 10.2 Å². The molecule has 0 aromatic heterocycles. The Balaban J connectivity index is 1.47. The minimum atomic E-state index is -0.439. The van der Waals surface area contributed by atoms with Gasteiger partial charge in [-0.3, -0.25) is 9.59 Å². The van der Waals surface area contributed by atoms with Crippen molar-refractivity contribution in [3.63, 3.8) is 0 Å². The molecule has 7 heteroatoms. The van der Waals surface area contributed by atoms with Crippen LogP contribution < -0.4 is 5.32 Å². The number of hydrogen-bond donors (Lipinski definition) is 1. The van der Waals surface area contributed by atoms with Gasteiger partial charge in [0.25, 0.3) is 5.91 Å². The van der Waals surface area contributed by atoms with Crippen molar-refractivity contribution in [3.8, 4) is 12.3 Å². The molecule has 0 saturated carbocycles. The van der Waals surface area contributed by atoms with Gasteiger partial charge in [-0.25, -0.2) is 0 Å². The van der Waals surface area contributed by atoms with Crippen LogP contribution in [0.3, 0.4) is 0 Å². The minimum Gasteiger partial charge on any atom is -0.375 e. The largest absolute Gasteiger partial charge is 0.375 e. The van der Waals surface area contributed by atoms with E-state index < -0.39 is 5.66 Å². The zero-order valence-electron chi connectivity index (χ0n) is 16.2. The zero-order chi connectivity index (χ0) is 20.0. The van der Waals surface area contributed by atoms with Crippen molar-refractivity contribution >= 4 is 11.8 Å². The van der Waals surface area contributed by atoms with Crippen molar-refractivity contribution < 1.29 is 14.3 Å². The molecule has 3 rings (SSSR count). The average molecular weight is 382 g/mol. The number of ether oxygens (including phenoxy) is 1. The van der Waals surface area contributed by atoms with Gasteiger partial charge in [-0.15, -0.1) is 12.3 Å². The highest BCUT2D eigenvalue weighted by molar-refractivity contribution is 5.94. The lowest BCUT2D eigenvalue weighted by Crippen LogP contribution is -2.44. The van der Waals surface area contributed by atoms with Crippen LogP contribution >= 0.6 is 0 Å². The predicted octanol–water partition coefficient (Wildman–Crippen LogP) is 2.52. The molecule has 1 saturated heterocycles. The Labute approximate surface area is 165 Å². The van der Waals surface area contributed by atoms with Crippen LogP contribution in [-0.2, 0) is 16.1 Å². The number of hydrogen-bond acceptors (Lipinski definition) is 5. The minimum absolute atomic E-state index is 0.00395. The van der Waals surface area contributed by atoms with Crippen LogP contribution in [-0.4, -0.2) is 48.2 Å². The maximum absolute atomic E-state index is 12.7. The van der Waals surface area contributed by atoms with Gasteiger partial charge in [-0.05, 0) is 24.6 Å². The molecule has 0 radical (unpaired) electrons. The Kier molecular flexibility index (Phi) is 6.42. The van der Waals surface area contributed by atoms with Gasteiger partial charge >= 0.3 is 0 Å². The Hall–Kier alpha value is -2.72. The van der Waals surface area contributed by atoms with Gasteiger partial charge in [0.2, 0.25) is 5.91 Å². The van der Waals surface area contributed by atoms with Crippen molar-refractivity contribution in [3.05, 3.63) is 35.4 Å². The fraction of sp³-hybridized carbons (Fsp3) is 0.524. The number of carbonyl (C=O) groups is 2. The quantitative estimate of drug-likeness (QED) is 0.701. The van der Waals surface area contributed by atoms with Gasteiger partial charge in [0.15, 0.2) is 5.66 Å². The van der Waals surface area contributed by atoms with E-state index in [1.54, 1.807) is 6.07 Å². The molecule has 7 nitrogen and oxygen atoms in total. The normalized spacial score (nSPS) is 19.7. The SMILES string of the molecule is C#CCCC1(CCC(=O)NCc2cccc(C(=O)N3CCOC(C)C3)c2)N=N1. The van der Waals surface area contributed by atoms with E-state index in [2.05, 4.69) is 21.5 Å². The maximum atomic E-state index is 12.7. The molecule has 1 aromatic rings. The van der Waals surface area contributed by atoms with Crippen molar-refractivity contribution in [2.45, 2.75) is 50.9 Å². The van der Waals surface area contributed by atoms with E-state index in [1.165, 1.54) is 0 Å². The topological polar surface area (TPSA) is 83.4 Å². The number of terminal acetylenes is 1. The summed E-state index contributed by atoms with van der Waals surface area (Å²) in [6, 6.07) is 7.39. The molecule has 1 N–H and O–H groups in total. The third-order valence-electron chi connectivity index (χ3n) is 5.00. The highest BCUT2D eigenvalue weighted by atomic mass is 16.5. The lowest BCUT2D eigenvalue weighted by molar-refractivity contribution is -0.121. The van der Waals surface area contributed by atoms with Crippen molar-refractivity contribution in [2.75, 3.05) is 19.7 Å². The first-order valence-corrected chi connectivity index (χ1v) is 9.65. The van der Waals surface area contributed by atoms with E-state index in [4.69, 9.17) is 11.2 Å². The van der Waals surface area contributed by atoms with Crippen LogP contribution in [0.1, 0.15) is 48.5 Å². The van der Waals surface area contributed by atoms with Crippen LogP contribution in [0.25, 0.3) is 0 Å². The second-order valence-electron chi connectivity index (χ2n) is 7.30. The van der Waals surface area contributed by atoms with Gasteiger partial charge in [0.05, 0.1) is 12.7 Å². The fourth-order valence-corrected chi connectivity index (χ4v) is 3.27. The molecule has 28 heavy (non-hydrogen) atoms. The number of morpholine rings is 1. The van der Waals surface area contributed by atoms with Crippen molar-refractivity contribution in [1.82, 2.24) is 10.2 Å². The molecule has 148 valence electrons. The molecular weight excluding hydrogens is 356 g/mol. The average Bonchev–Trinajstić information content (AvgIpc) is 3.49. The Morgan fingerprint density at radius 1 is 1.39 bits per heavy atom. The van der Waals surface area contributed by atoms with Gasteiger partial charge in [0.1, 0.15) is 0 Å². The molecule has 0 spiro atoms. The second-order valence-corrected chi connectivity index (χ2v) is 7.30. The van der Waals surface area contributed by atoms with Crippen LogP contribution in [0.5, 0.6) is 0 Å². The standard InChI is InChI=1S/C21H26N4O3/c1-3-4-9-21(23-24-21)10-8-19(26)22-14-17-6-5-7-18(13-17)20(27)25-11-12-28-16(2)15-25/h1,5-7,13,16H,4,8-12,14-15H2,2H3,(H,22,26). The Morgan fingerprint density at radius 2 is 2.21 bits per heavy atom. The van der Waals surface area contributed by atoms with Gasteiger partial charge in [-0.2, -0.15) is 10.2 Å². The van der Waals surface area contributed by atoms with Crippen LogP contribution in [0.2, 0.25) is 0 Å². The number of nitrogens with one attached hydrogen (secondary N) is 1. The molecule has 2 aliphatic heterocycles. The summed E-state index contributed by atoms with van der Waals surface area (Å²) in [6.07, 6.45) is 7.55. The van der Waals surface area contributed by atoms with Crippen LogP contribution in [0.4, 0.5) is 0 Å². The van der Waals surface area contributed by atoms with E-state index >= 15 is 0 Å². The number of benzene rings is 1. The monoisotopic (exact) mass is 382 g/mol. The molecule has 0 bridgehead atoms. The van der Waals surface area contributed by atoms with Gasteiger partial charge < -0.3 is 15.0 Å². The van der Waals surface area contributed by atoms with Gasteiger partial charge in [-0.1, -0.05) is 12.1 Å². The molecule has 0 aliphatic carbocycles. The third-order valence-corrected chi connectivity index (χ3v) is 5.00. The number of carbonyl (C=O) groups excluding carboxylic acids is 2. The predicted molar refractivity (Wildman–Crippen MR) is 104 cm³/mol. The lowest BCUT2D eigenvalue weighted by Gasteiger charge is -2.31. The molecule has 2 heterocycles. The van der Waals surface area contributed by atoms with Crippen LogP contribution in [0.15, 0.2) is 34.5 Å². The number of nitrogens with zero attached hydrogens (tertiary/aromatic N) is 3. The number of rotatable bonds is 8. The molecule has 1 aromatic carbocycles. The van der Waals surface area contributed by atoms with E-state index in [9.17, 15) is 9.59 Å². The van der Waals surface area contributed by atoms with E-state index in [0.717, 1.165) is 5.56 Å². The summed E-state index contributed by atoms with van der Waals surface area (Å²) in [7, 11) is 0. The molecule has 1 fully saturated rings. The summed E-state index contributed by atoms with van der Waals surface area (Å²) in [4.78, 5) is 26.6. The van der Waals surface area contributed by atoms with E-state index in [1.807, 2.05) is 30.0 Å². The summed E-state index contributed by atoms with van der Waals surface area (Å²) >= 11 is 0. The summed E-state index contributed by atoms with van der Waals surface area (Å²) in [6.45, 7) is 4.10. The first-order valence-electron chi connectivity index (χ1n) is 9.65. The lowest BCUT2D eigenvalue weighted by atomic mass is 10.0. The zero-order valence-corrected chi connectivity index (χ0v) is 16.2. The highest BCUT2D eigenvalue weighted by Crippen LogP contribution is 2.37.